The highest BCUT2D eigenvalue weighted by atomic mass is 32.1. The largest absolute Gasteiger partial charge is 0.333 e. The van der Waals surface area contributed by atoms with E-state index in [0.29, 0.717) is 18.8 Å². The van der Waals surface area contributed by atoms with Crippen molar-refractivity contribution in [3.05, 3.63) is 46.2 Å². The first-order valence-corrected chi connectivity index (χ1v) is 7.39. The zero-order valence-electron chi connectivity index (χ0n) is 11.6. The highest BCUT2D eigenvalue weighted by Crippen LogP contribution is 2.17. The van der Waals surface area contributed by atoms with Gasteiger partial charge in [0.05, 0.1) is 6.04 Å². The molecule has 0 spiro atoms. The second-order valence-electron chi connectivity index (χ2n) is 4.53. The van der Waals surface area contributed by atoms with Crippen molar-refractivity contribution in [1.29, 1.82) is 0 Å². The molecule has 1 amide bonds. The summed E-state index contributed by atoms with van der Waals surface area (Å²) in [5.74, 6) is -0.0625. The van der Waals surface area contributed by atoms with E-state index in [9.17, 15) is 4.79 Å². The molecular formula is C14H18N4OS. The van der Waals surface area contributed by atoms with Gasteiger partial charge in [-0.15, -0.1) is 11.3 Å². The van der Waals surface area contributed by atoms with Gasteiger partial charge in [0.25, 0.3) is 5.91 Å². The molecule has 2 rings (SSSR count). The predicted octanol–water partition coefficient (Wildman–Crippen LogP) is 2.22. The van der Waals surface area contributed by atoms with Crippen LogP contribution in [0, 0.1) is 0 Å². The molecule has 1 atom stereocenters. The van der Waals surface area contributed by atoms with Gasteiger partial charge in [0.1, 0.15) is 10.7 Å². The second-order valence-corrected chi connectivity index (χ2v) is 5.42. The van der Waals surface area contributed by atoms with E-state index in [1.807, 2.05) is 26.0 Å². The fourth-order valence-corrected chi connectivity index (χ4v) is 2.54. The Kier molecular flexibility index (Phi) is 4.81. The lowest BCUT2D eigenvalue weighted by atomic mass is 10.2. The Hall–Kier alpha value is -1.79. The number of hydrogen-bond acceptors (Lipinski definition) is 5. The standard InChI is InChI=1S/C14H18N4OS/c1-3-18(8-11-4-6-16-7-5-11)14(19)12-9-20-13(17-12)10(2)15/h4-7,9-10H,3,8,15H2,1-2H3. The maximum absolute atomic E-state index is 12.4. The van der Waals surface area contributed by atoms with Crippen LogP contribution < -0.4 is 5.73 Å². The average molecular weight is 290 g/mol. The van der Waals surface area contributed by atoms with E-state index in [1.165, 1.54) is 11.3 Å². The molecule has 0 fully saturated rings. The van der Waals surface area contributed by atoms with E-state index in [-0.39, 0.29) is 11.9 Å². The highest BCUT2D eigenvalue weighted by Gasteiger charge is 2.18. The first-order chi connectivity index (χ1) is 9.61. The molecule has 106 valence electrons. The fraction of sp³-hybridized carbons (Fsp3) is 0.357. The van der Waals surface area contributed by atoms with Gasteiger partial charge in [-0.1, -0.05) is 0 Å². The van der Waals surface area contributed by atoms with E-state index in [4.69, 9.17) is 5.73 Å². The Balaban J connectivity index is 2.12. The third-order valence-corrected chi connectivity index (χ3v) is 3.97. The minimum absolute atomic E-state index is 0.0625. The lowest BCUT2D eigenvalue weighted by Crippen LogP contribution is -2.30. The van der Waals surface area contributed by atoms with E-state index >= 15 is 0 Å². The summed E-state index contributed by atoms with van der Waals surface area (Å²) in [6.45, 7) is 5.01. The third kappa shape index (κ3) is 3.40. The van der Waals surface area contributed by atoms with E-state index in [1.54, 1.807) is 22.7 Å². The summed E-state index contributed by atoms with van der Waals surface area (Å²) in [7, 11) is 0. The van der Waals surface area contributed by atoms with Gasteiger partial charge in [0, 0.05) is 30.9 Å². The fourth-order valence-electron chi connectivity index (χ4n) is 1.79. The van der Waals surface area contributed by atoms with Gasteiger partial charge < -0.3 is 10.6 Å². The quantitative estimate of drug-likeness (QED) is 0.916. The molecule has 1 unspecified atom stereocenters. The van der Waals surface area contributed by atoms with Crippen LogP contribution in [0.15, 0.2) is 29.9 Å². The van der Waals surface area contributed by atoms with Crippen molar-refractivity contribution >= 4 is 17.2 Å². The van der Waals surface area contributed by atoms with Crippen molar-refractivity contribution in [3.63, 3.8) is 0 Å². The smallest absolute Gasteiger partial charge is 0.273 e. The van der Waals surface area contributed by atoms with Crippen LogP contribution in [0.5, 0.6) is 0 Å². The molecule has 0 saturated carbocycles. The number of nitrogens with two attached hydrogens (primary N) is 1. The lowest BCUT2D eigenvalue weighted by molar-refractivity contribution is 0.0747. The number of aromatic nitrogens is 2. The molecule has 2 heterocycles. The van der Waals surface area contributed by atoms with Gasteiger partial charge in [0.2, 0.25) is 0 Å². The van der Waals surface area contributed by atoms with Crippen LogP contribution in [0.25, 0.3) is 0 Å². The highest BCUT2D eigenvalue weighted by molar-refractivity contribution is 7.09. The summed E-state index contributed by atoms with van der Waals surface area (Å²) in [5.41, 5.74) is 7.30. The molecule has 0 aliphatic carbocycles. The number of rotatable bonds is 5. The molecule has 2 aromatic rings. The number of hydrogen-bond donors (Lipinski definition) is 1. The molecule has 6 heteroatoms. The number of pyridine rings is 1. The molecule has 5 nitrogen and oxygen atoms in total. The van der Waals surface area contributed by atoms with Gasteiger partial charge in [-0.2, -0.15) is 0 Å². The molecule has 20 heavy (non-hydrogen) atoms. The zero-order valence-corrected chi connectivity index (χ0v) is 12.4. The van der Waals surface area contributed by atoms with Crippen LogP contribution in [0.2, 0.25) is 0 Å². The summed E-state index contributed by atoms with van der Waals surface area (Å²) < 4.78 is 0. The first kappa shape index (κ1) is 14.6. The molecule has 0 saturated heterocycles. The Morgan fingerprint density at radius 1 is 1.45 bits per heavy atom. The van der Waals surface area contributed by atoms with E-state index < -0.39 is 0 Å². The lowest BCUT2D eigenvalue weighted by Gasteiger charge is -2.19. The topological polar surface area (TPSA) is 72.1 Å². The molecule has 0 radical (unpaired) electrons. The van der Waals surface area contributed by atoms with Crippen molar-refractivity contribution in [2.75, 3.05) is 6.54 Å². The Labute approximate surface area is 122 Å². The molecule has 0 aliphatic heterocycles. The summed E-state index contributed by atoms with van der Waals surface area (Å²) in [6.07, 6.45) is 3.45. The molecular weight excluding hydrogens is 272 g/mol. The maximum Gasteiger partial charge on any atom is 0.273 e. The van der Waals surface area contributed by atoms with Crippen LogP contribution >= 0.6 is 11.3 Å². The number of carbonyl (C=O) groups is 1. The maximum atomic E-state index is 12.4. The van der Waals surface area contributed by atoms with Crippen LogP contribution in [0.3, 0.4) is 0 Å². The van der Waals surface area contributed by atoms with Crippen molar-refractivity contribution in [3.8, 4) is 0 Å². The minimum Gasteiger partial charge on any atom is -0.333 e. The zero-order chi connectivity index (χ0) is 14.5. The van der Waals surface area contributed by atoms with Crippen LogP contribution in [0.1, 0.15) is 40.9 Å². The monoisotopic (exact) mass is 290 g/mol. The Morgan fingerprint density at radius 2 is 2.15 bits per heavy atom. The average Bonchev–Trinajstić information content (AvgIpc) is 2.95. The third-order valence-electron chi connectivity index (χ3n) is 2.92. The first-order valence-electron chi connectivity index (χ1n) is 6.51. The van der Waals surface area contributed by atoms with Crippen LogP contribution in [-0.4, -0.2) is 27.3 Å². The van der Waals surface area contributed by atoms with Crippen molar-refractivity contribution in [1.82, 2.24) is 14.9 Å². The van der Waals surface area contributed by atoms with Gasteiger partial charge >= 0.3 is 0 Å². The Morgan fingerprint density at radius 3 is 2.70 bits per heavy atom. The number of thiazole rings is 1. The predicted molar refractivity (Wildman–Crippen MR) is 79.4 cm³/mol. The summed E-state index contributed by atoms with van der Waals surface area (Å²) in [4.78, 5) is 22.5. The summed E-state index contributed by atoms with van der Waals surface area (Å²) in [5, 5.41) is 2.56. The van der Waals surface area contributed by atoms with Gasteiger partial charge in [-0.25, -0.2) is 4.98 Å². The van der Waals surface area contributed by atoms with Crippen molar-refractivity contribution in [2.45, 2.75) is 26.4 Å². The van der Waals surface area contributed by atoms with Gasteiger partial charge in [-0.3, -0.25) is 9.78 Å². The number of nitrogens with zero attached hydrogens (tertiary/aromatic N) is 3. The van der Waals surface area contributed by atoms with Crippen LogP contribution in [-0.2, 0) is 6.54 Å². The van der Waals surface area contributed by atoms with Crippen molar-refractivity contribution in [2.24, 2.45) is 5.73 Å². The molecule has 2 aromatic heterocycles. The van der Waals surface area contributed by atoms with E-state index in [2.05, 4.69) is 9.97 Å². The molecule has 0 aliphatic rings. The van der Waals surface area contributed by atoms with E-state index in [0.717, 1.165) is 10.6 Å². The number of amides is 1. The minimum atomic E-state index is -0.142. The van der Waals surface area contributed by atoms with Gasteiger partial charge in [0.15, 0.2) is 0 Å². The van der Waals surface area contributed by atoms with Crippen molar-refractivity contribution < 1.29 is 4.79 Å². The molecule has 0 bridgehead atoms. The normalized spacial score (nSPS) is 12.2. The summed E-state index contributed by atoms with van der Waals surface area (Å²) >= 11 is 1.43. The molecule has 0 aromatic carbocycles. The second kappa shape index (κ2) is 6.58. The Bertz CT molecular complexity index is 568. The van der Waals surface area contributed by atoms with Crippen LogP contribution in [0.4, 0.5) is 0 Å². The molecule has 2 N–H and O–H groups in total. The SMILES string of the molecule is CCN(Cc1ccncc1)C(=O)c1csc(C(C)N)n1. The van der Waals surface area contributed by atoms with Gasteiger partial charge in [-0.05, 0) is 31.5 Å². The number of carbonyl (C=O) groups excluding carboxylic acids is 1. The summed E-state index contributed by atoms with van der Waals surface area (Å²) in [6, 6.07) is 3.67.